The number of rotatable bonds is 0. The molecule has 1 saturated carbocycles. The molecule has 0 atom stereocenters. The highest BCUT2D eigenvalue weighted by molar-refractivity contribution is 5.03. The molecule has 1 aliphatic carbocycles. The maximum atomic E-state index is 3.40. The molecule has 0 amide bonds. The molecule has 2 fully saturated rings. The minimum absolute atomic E-state index is 0.653. The smallest absolute Gasteiger partial charge is 0.00112 e. The first kappa shape index (κ1) is 5.72. The van der Waals surface area contributed by atoms with Crippen LogP contribution >= 0.6 is 0 Å². The van der Waals surface area contributed by atoms with E-state index in [1.54, 1.807) is 0 Å². The fraction of sp³-hybridized carbons (Fsp3) is 0.875. The van der Waals surface area contributed by atoms with Gasteiger partial charge in [0.2, 0.25) is 0 Å². The highest BCUT2D eigenvalue weighted by atomic mass is 14.9. The monoisotopic (exact) mass is 124 g/mol. The lowest BCUT2D eigenvalue weighted by Crippen LogP contribution is -2.19. The van der Waals surface area contributed by atoms with Crippen molar-refractivity contribution in [2.24, 2.45) is 5.41 Å². The van der Waals surface area contributed by atoms with Crippen LogP contribution in [0.2, 0.25) is 0 Å². The van der Waals surface area contributed by atoms with E-state index in [0.717, 1.165) is 6.54 Å². The Morgan fingerprint density at radius 2 is 2.00 bits per heavy atom. The van der Waals surface area contributed by atoms with Crippen LogP contribution in [0.3, 0.4) is 0 Å². The molecule has 0 aromatic rings. The van der Waals surface area contributed by atoms with Crippen LogP contribution in [0.15, 0.2) is 0 Å². The van der Waals surface area contributed by atoms with Gasteiger partial charge in [-0.3, -0.25) is 0 Å². The summed E-state index contributed by atoms with van der Waals surface area (Å²) in [7, 11) is 0. The second-order valence-corrected chi connectivity index (χ2v) is 3.40. The van der Waals surface area contributed by atoms with Crippen molar-refractivity contribution in [2.75, 3.05) is 13.1 Å². The molecule has 1 nitrogen and oxygen atoms in total. The quantitative estimate of drug-likeness (QED) is 0.514. The van der Waals surface area contributed by atoms with Crippen molar-refractivity contribution in [2.45, 2.75) is 25.7 Å². The van der Waals surface area contributed by atoms with E-state index in [4.69, 9.17) is 0 Å². The van der Waals surface area contributed by atoms with E-state index in [0.29, 0.717) is 5.41 Å². The third kappa shape index (κ3) is 0.877. The van der Waals surface area contributed by atoms with Crippen molar-refractivity contribution < 1.29 is 0 Å². The average Bonchev–Trinajstić information content (AvgIpc) is 2.45. The SMILES string of the molecule is [CH]1CNCC12CCCC2. The van der Waals surface area contributed by atoms with Crippen LogP contribution in [0.5, 0.6) is 0 Å². The molecule has 1 spiro atoms. The molecule has 1 heteroatoms. The van der Waals surface area contributed by atoms with Crippen LogP contribution in [0, 0.1) is 11.8 Å². The van der Waals surface area contributed by atoms with Crippen LogP contribution in [0.25, 0.3) is 0 Å². The van der Waals surface area contributed by atoms with Crippen LogP contribution in [-0.2, 0) is 0 Å². The van der Waals surface area contributed by atoms with Gasteiger partial charge in [-0.15, -0.1) is 0 Å². The van der Waals surface area contributed by atoms with Gasteiger partial charge in [0.1, 0.15) is 0 Å². The van der Waals surface area contributed by atoms with Gasteiger partial charge in [-0.1, -0.05) is 12.8 Å². The Morgan fingerprint density at radius 3 is 2.56 bits per heavy atom. The van der Waals surface area contributed by atoms with Gasteiger partial charge in [-0.2, -0.15) is 0 Å². The van der Waals surface area contributed by atoms with Crippen LogP contribution in [0.1, 0.15) is 25.7 Å². The molecule has 1 saturated heterocycles. The second-order valence-electron chi connectivity index (χ2n) is 3.40. The lowest BCUT2D eigenvalue weighted by molar-refractivity contribution is 0.400. The van der Waals surface area contributed by atoms with Crippen molar-refractivity contribution in [1.29, 1.82) is 0 Å². The Morgan fingerprint density at radius 1 is 1.22 bits per heavy atom. The van der Waals surface area contributed by atoms with Gasteiger partial charge >= 0.3 is 0 Å². The lowest BCUT2D eigenvalue weighted by atomic mass is 9.86. The normalized spacial score (nSPS) is 32.0. The fourth-order valence-electron chi connectivity index (χ4n) is 2.14. The molecule has 0 unspecified atom stereocenters. The van der Waals surface area contributed by atoms with Crippen molar-refractivity contribution in [3.63, 3.8) is 0 Å². The first-order valence-electron chi connectivity index (χ1n) is 3.96. The Bertz CT molecular complexity index is 79.6. The highest BCUT2D eigenvalue weighted by Crippen LogP contribution is 2.41. The third-order valence-electron chi connectivity index (χ3n) is 2.76. The van der Waals surface area contributed by atoms with Crippen LogP contribution in [0.4, 0.5) is 0 Å². The summed E-state index contributed by atoms with van der Waals surface area (Å²) in [5.74, 6) is 0. The van der Waals surface area contributed by atoms with Gasteiger partial charge < -0.3 is 5.32 Å². The first-order valence-corrected chi connectivity index (χ1v) is 3.96. The minimum Gasteiger partial charge on any atom is -0.316 e. The van der Waals surface area contributed by atoms with E-state index in [1.165, 1.54) is 32.2 Å². The number of hydrogen-bond donors (Lipinski definition) is 1. The zero-order chi connectivity index (χ0) is 6.16. The predicted octanol–water partition coefficient (Wildman–Crippen LogP) is 1.35. The zero-order valence-corrected chi connectivity index (χ0v) is 5.82. The van der Waals surface area contributed by atoms with Crippen molar-refractivity contribution >= 4 is 0 Å². The summed E-state index contributed by atoms with van der Waals surface area (Å²) in [6, 6.07) is 0. The van der Waals surface area contributed by atoms with Gasteiger partial charge in [-0.05, 0) is 31.2 Å². The summed E-state index contributed by atoms with van der Waals surface area (Å²) in [6.45, 7) is 2.41. The van der Waals surface area contributed by atoms with Gasteiger partial charge in [0.15, 0.2) is 0 Å². The standard InChI is InChI=1S/C8H14N/c1-2-4-8(3-1)5-6-9-7-8/h5,9H,1-4,6-7H2. The number of hydrogen-bond acceptors (Lipinski definition) is 1. The molecular weight excluding hydrogens is 110 g/mol. The van der Waals surface area contributed by atoms with E-state index in [2.05, 4.69) is 11.7 Å². The van der Waals surface area contributed by atoms with E-state index in [1.807, 2.05) is 0 Å². The average molecular weight is 124 g/mol. The van der Waals surface area contributed by atoms with E-state index < -0.39 is 0 Å². The molecule has 0 aromatic heterocycles. The summed E-state index contributed by atoms with van der Waals surface area (Å²) >= 11 is 0. The fourth-order valence-corrected chi connectivity index (χ4v) is 2.14. The van der Waals surface area contributed by atoms with Crippen molar-refractivity contribution in [3.8, 4) is 0 Å². The minimum atomic E-state index is 0.653. The van der Waals surface area contributed by atoms with Gasteiger partial charge in [0.25, 0.3) is 0 Å². The van der Waals surface area contributed by atoms with Gasteiger partial charge in [0.05, 0.1) is 0 Å². The third-order valence-corrected chi connectivity index (χ3v) is 2.76. The molecule has 1 radical (unpaired) electrons. The second kappa shape index (κ2) is 1.98. The summed E-state index contributed by atoms with van der Waals surface area (Å²) < 4.78 is 0. The molecule has 51 valence electrons. The summed E-state index contributed by atoms with van der Waals surface area (Å²) in [4.78, 5) is 0. The predicted molar refractivity (Wildman–Crippen MR) is 38.1 cm³/mol. The maximum absolute atomic E-state index is 3.40. The van der Waals surface area contributed by atoms with Crippen LogP contribution < -0.4 is 5.32 Å². The maximum Gasteiger partial charge on any atom is 0.00112 e. The lowest BCUT2D eigenvalue weighted by Gasteiger charge is -2.19. The van der Waals surface area contributed by atoms with E-state index in [-0.39, 0.29) is 0 Å². The first-order chi connectivity index (χ1) is 4.41. The summed E-state index contributed by atoms with van der Waals surface area (Å²) in [5.41, 5.74) is 0.653. The summed E-state index contributed by atoms with van der Waals surface area (Å²) in [6.07, 6.45) is 8.29. The molecule has 1 N–H and O–H groups in total. The number of nitrogens with one attached hydrogen (secondary N) is 1. The molecule has 0 bridgehead atoms. The molecule has 2 rings (SSSR count). The van der Waals surface area contributed by atoms with E-state index in [9.17, 15) is 0 Å². The topological polar surface area (TPSA) is 12.0 Å². The van der Waals surface area contributed by atoms with Crippen molar-refractivity contribution in [1.82, 2.24) is 5.32 Å². The van der Waals surface area contributed by atoms with Crippen molar-refractivity contribution in [3.05, 3.63) is 6.42 Å². The molecule has 1 aliphatic heterocycles. The Labute approximate surface area is 56.8 Å². The van der Waals surface area contributed by atoms with E-state index >= 15 is 0 Å². The summed E-state index contributed by atoms with van der Waals surface area (Å²) in [5, 5.41) is 3.40. The van der Waals surface area contributed by atoms with Gasteiger partial charge in [-0.25, -0.2) is 0 Å². The molecule has 1 heterocycles. The van der Waals surface area contributed by atoms with Gasteiger partial charge in [0, 0.05) is 6.54 Å². The molecular formula is C8H14N. The Hall–Kier alpha value is -0.0400. The Kier molecular flexibility index (Phi) is 1.26. The zero-order valence-electron chi connectivity index (χ0n) is 5.82. The molecule has 9 heavy (non-hydrogen) atoms. The largest absolute Gasteiger partial charge is 0.316 e. The highest BCUT2D eigenvalue weighted by Gasteiger charge is 2.36. The molecule has 2 aliphatic rings. The Balaban J connectivity index is 2.04. The molecule has 0 aromatic carbocycles. The van der Waals surface area contributed by atoms with Crippen LogP contribution in [-0.4, -0.2) is 13.1 Å².